The number of carbonyl (C=O) groups excluding carboxylic acids is 2. The normalized spacial score (nSPS) is 11.3. The van der Waals surface area contributed by atoms with Crippen molar-refractivity contribution in [2.75, 3.05) is 27.9 Å². The highest BCUT2D eigenvalue weighted by molar-refractivity contribution is 9.10. The van der Waals surface area contributed by atoms with E-state index >= 15 is 0 Å². The van der Waals surface area contributed by atoms with Crippen molar-refractivity contribution in [2.24, 2.45) is 0 Å². The van der Waals surface area contributed by atoms with E-state index in [-0.39, 0.29) is 24.4 Å². The average molecular weight is 451 g/mol. The summed E-state index contributed by atoms with van der Waals surface area (Å²) in [4.78, 5) is 24.5. The first-order valence-corrected chi connectivity index (χ1v) is 9.32. The van der Waals surface area contributed by atoms with Gasteiger partial charge in [-0.2, -0.15) is 0 Å². The van der Waals surface area contributed by atoms with Gasteiger partial charge >= 0.3 is 0 Å². The molecule has 8 heteroatoms. The molecule has 2 aromatic carbocycles. The lowest BCUT2D eigenvalue weighted by Gasteiger charge is -2.16. The van der Waals surface area contributed by atoms with E-state index in [1.54, 1.807) is 25.3 Å². The predicted octanol–water partition coefficient (Wildman–Crippen LogP) is 3.08. The summed E-state index contributed by atoms with van der Waals surface area (Å²) in [6, 6.07) is 10.1. The number of amides is 2. The number of hydrogen-bond donors (Lipinski definition) is 2. The third kappa shape index (κ3) is 5.39. The third-order valence-corrected chi connectivity index (χ3v) is 4.73. The molecule has 2 rings (SSSR count). The molecule has 0 bridgehead atoms. The Labute approximate surface area is 172 Å². The van der Waals surface area contributed by atoms with Crippen molar-refractivity contribution >= 4 is 27.7 Å². The first-order valence-electron chi connectivity index (χ1n) is 8.52. The maximum atomic E-state index is 12.3. The zero-order chi connectivity index (χ0) is 20.7. The number of ether oxygens (including phenoxy) is 3. The van der Waals surface area contributed by atoms with Crippen LogP contribution in [0.4, 0.5) is 0 Å². The highest BCUT2D eigenvalue weighted by Gasteiger charge is 2.14. The number of nitrogens with one attached hydrogen (secondary N) is 2. The number of halogens is 1. The molecule has 0 saturated heterocycles. The Bertz CT molecular complexity index is 856. The van der Waals surface area contributed by atoms with E-state index in [1.807, 2.05) is 25.1 Å². The summed E-state index contributed by atoms with van der Waals surface area (Å²) in [6.45, 7) is 1.72. The summed E-state index contributed by atoms with van der Waals surface area (Å²) in [5.41, 5.74) is 1.28. The minimum absolute atomic E-state index is 0.144. The van der Waals surface area contributed by atoms with Crippen LogP contribution in [0.1, 0.15) is 28.9 Å². The Morgan fingerprint density at radius 3 is 2.21 bits per heavy atom. The van der Waals surface area contributed by atoms with Gasteiger partial charge in [-0.3, -0.25) is 9.59 Å². The fourth-order valence-corrected chi connectivity index (χ4v) is 3.13. The molecule has 0 aliphatic heterocycles. The quantitative estimate of drug-likeness (QED) is 0.645. The lowest BCUT2D eigenvalue weighted by molar-refractivity contribution is -0.120. The largest absolute Gasteiger partial charge is 0.496 e. The molecule has 150 valence electrons. The van der Waals surface area contributed by atoms with Crippen LogP contribution in [0.15, 0.2) is 40.9 Å². The van der Waals surface area contributed by atoms with Gasteiger partial charge in [0, 0.05) is 5.56 Å². The number of rotatable bonds is 8. The molecule has 0 heterocycles. The summed E-state index contributed by atoms with van der Waals surface area (Å²) in [6.07, 6.45) is 0. The van der Waals surface area contributed by atoms with E-state index in [4.69, 9.17) is 14.2 Å². The van der Waals surface area contributed by atoms with Crippen LogP contribution in [-0.2, 0) is 4.79 Å². The SMILES string of the molecule is COc1ccc(C(C)NC(=O)CNC(=O)c2ccc(OC)c(OC)c2)cc1Br. The van der Waals surface area contributed by atoms with Crippen molar-refractivity contribution in [3.63, 3.8) is 0 Å². The fraction of sp³-hybridized carbons (Fsp3) is 0.300. The molecule has 0 aromatic heterocycles. The Hall–Kier alpha value is -2.74. The van der Waals surface area contributed by atoms with Crippen LogP contribution in [-0.4, -0.2) is 39.7 Å². The number of hydrogen-bond acceptors (Lipinski definition) is 5. The van der Waals surface area contributed by atoms with Crippen LogP contribution >= 0.6 is 15.9 Å². The average Bonchev–Trinajstić information content (AvgIpc) is 2.71. The van der Waals surface area contributed by atoms with Gasteiger partial charge in [0.25, 0.3) is 5.91 Å². The number of benzene rings is 2. The zero-order valence-corrected chi connectivity index (χ0v) is 17.8. The molecular weight excluding hydrogens is 428 g/mol. The lowest BCUT2D eigenvalue weighted by Crippen LogP contribution is -2.38. The summed E-state index contributed by atoms with van der Waals surface area (Å²) >= 11 is 3.43. The highest BCUT2D eigenvalue weighted by Crippen LogP contribution is 2.28. The van der Waals surface area contributed by atoms with Crippen LogP contribution < -0.4 is 24.8 Å². The van der Waals surface area contributed by atoms with E-state index < -0.39 is 0 Å². The molecule has 0 radical (unpaired) electrons. The molecule has 0 saturated carbocycles. The van der Waals surface area contributed by atoms with Crippen molar-refractivity contribution in [2.45, 2.75) is 13.0 Å². The molecule has 2 N–H and O–H groups in total. The summed E-state index contributed by atoms with van der Waals surface area (Å²) in [7, 11) is 4.60. The standard InChI is InChI=1S/C20H23BrN2O5/c1-12(13-5-7-16(26-2)15(21)9-13)23-19(24)11-22-20(25)14-6-8-17(27-3)18(10-14)28-4/h5-10,12H,11H2,1-4H3,(H,22,25)(H,23,24). The Balaban J connectivity index is 1.93. The zero-order valence-electron chi connectivity index (χ0n) is 16.2. The van der Waals surface area contributed by atoms with Crippen LogP contribution in [0.25, 0.3) is 0 Å². The van der Waals surface area contributed by atoms with Crippen molar-refractivity contribution < 1.29 is 23.8 Å². The molecule has 28 heavy (non-hydrogen) atoms. The van der Waals surface area contributed by atoms with Gasteiger partial charge in [-0.15, -0.1) is 0 Å². The molecular formula is C20H23BrN2O5. The molecule has 0 fully saturated rings. The van der Waals surface area contributed by atoms with Gasteiger partial charge in [-0.05, 0) is 58.7 Å². The van der Waals surface area contributed by atoms with Crippen molar-refractivity contribution in [1.29, 1.82) is 0 Å². The smallest absolute Gasteiger partial charge is 0.251 e. The summed E-state index contributed by atoms with van der Waals surface area (Å²) < 4.78 is 16.3. The van der Waals surface area contributed by atoms with Gasteiger partial charge in [0.2, 0.25) is 5.91 Å². The first kappa shape index (κ1) is 21.6. The highest BCUT2D eigenvalue weighted by atomic mass is 79.9. The van der Waals surface area contributed by atoms with Gasteiger partial charge in [-0.25, -0.2) is 0 Å². The minimum Gasteiger partial charge on any atom is -0.496 e. The lowest BCUT2D eigenvalue weighted by atomic mass is 10.1. The summed E-state index contributed by atoms with van der Waals surface area (Å²) in [5, 5.41) is 5.45. The van der Waals surface area contributed by atoms with Gasteiger partial charge in [-0.1, -0.05) is 6.07 Å². The molecule has 1 atom stereocenters. The number of carbonyl (C=O) groups is 2. The first-order chi connectivity index (χ1) is 13.4. The van der Waals surface area contributed by atoms with Gasteiger partial charge in [0.15, 0.2) is 11.5 Å². The second-order valence-electron chi connectivity index (χ2n) is 5.94. The van der Waals surface area contributed by atoms with Crippen LogP contribution in [0.5, 0.6) is 17.2 Å². The Morgan fingerprint density at radius 2 is 1.61 bits per heavy atom. The van der Waals surface area contributed by atoms with E-state index in [0.29, 0.717) is 22.8 Å². The molecule has 0 spiro atoms. The topological polar surface area (TPSA) is 85.9 Å². The Morgan fingerprint density at radius 1 is 0.964 bits per heavy atom. The van der Waals surface area contributed by atoms with Gasteiger partial charge in [0.05, 0.1) is 38.4 Å². The Kier molecular flexibility index (Phi) is 7.69. The molecule has 2 amide bonds. The molecule has 1 unspecified atom stereocenters. The monoisotopic (exact) mass is 450 g/mol. The molecule has 0 aliphatic carbocycles. The second-order valence-corrected chi connectivity index (χ2v) is 6.79. The molecule has 2 aromatic rings. The van der Waals surface area contributed by atoms with Gasteiger partial charge in [0.1, 0.15) is 5.75 Å². The predicted molar refractivity (Wildman–Crippen MR) is 109 cm³/mol. The third-order valence-electron chi connectivity index (χ3n) is 4.11. The van der Waals surface area contributed by atoms with Crippen LogP contribution in [0, 0.1) is 0 Å². The number of methoxy groups -OCH3 is 3. The van der Waals surface area contributed by atoms with E-state index in [0.717, 1.165) is 10.0 Å². The van der Waals surface area contributed by atoms with Crippen molar-refractivity contribution in [1.82, 2.24) is 10.6 Å². The summed E-state index contributed by atoms with van der Waals surface area (Å²) in [5.74, 6) is 1.00. The van der Waals surface area contributed by atoms with E-state index in [2.05, 4.69) is 26.6 Å². The van der Waals surface area contributed by atoms with E-state index in [9.17, 15) is 9.59 Å². The van der Waals surface area contributed by atoms with Crippen LogP contribution in [0.3, 0.4) is 0 Å². The molecule has 0 aliphatic rings. The van der Waals surface area contributed by atoms with Crippen molar-refractivity contribution in [3.8, 4) is 17.2 Å². The second kappa shape index (κ2) is 9.98. The minimum atomic E-state index is -0.379. The van der Waals surface area contributed by atoms with Gasteiger partial charge < -0.3 is 24.8 Å². The molecule has 7 nitrogen and oxygen atoms in total. The van der Waals surface area contributed by atoms with Crippen molar-refractivity contribution in [3.05, 3.63) is 52.0 Å². The maximum absolute atomic E-state index is 12.3. The van der Waals surface area contributed by atoms with E-state index in [1.165, 1.54) is 14.2 Å². The fourth-order valence-electron chi connectivity index (χ4n) is 2.57. The van der Waals surface area contributed by atoms with Crippen LogP contribution in [0.2, 0.25) is 0 Å². The maximum Gasteiger partial charge on any atom is 0.251 e.